The number of nitrogens with one attached hydrogen (secondary N) is 1. The van der Waals surface area contributed by atoms with E-state index in [4.69, 9.17) is 10.7 Å². The molecule has 33 heteroatoms. The molecule has 0 saturated carbocycles. The van der Waals surface area contributed by atoms with Gasteiger partial charge < -0.3 is 45.2 Å². The lowest BCUT2D eigenvalue weighted by molar-refractivity contribution is -0.131. The summed E-state index contributed by atoms with van der Waals surface area (Å²) in [6.07, 6.45) is 8.78. The van der Waals surface area contributed by atoms with Crippen LogP contribution >= 0.6 is 0 Å². The van der Waals surface area contributed by atoms with Crippen LogP contribution in [0.1, 0.15) is 145 Å². The lowest BCUT2D eigenvalue weighted by Gasteiger charge is -2.44. The number of aromatic nitrogens is 14. The van der Waals surface area contributed by atoms with Gasteiger partial charge in [-0.2, -0.15) is 15.0 Å². The van der Waals surface area contributed by atoms with Gasteiger partial charge in [0, 0.05) is 105 Å². The van der Waals surface area contributed by atoms with Crippen LogP contribution in [0.4, 0.5) is 40.8 Å². The number of carbonyl (C=O) groups is 4. The maximum Gasteiger partial charge on any atom is 0.355 e. The molecule has 0 spiro atoms. The van der Waals surface area contributed by atoms with E-state index in [0.717, 1.165) is 16.6 Å². The summed E-state index contributed by atoms with van der Waals surface area (Å²) < 4.78 is 67.0. The lowest BCUT2D eigenvalue weighted by Crippen LogP contribution is -2.58. The minimum absolute atomic E-state index is 0.00871. The number of pyridine rings is 6. The topological polar surface area (TPSA) is 345 Å². The first kappa shape index (κ1) is 89.7. The summed E-state index contributed by atoms with van der Waals surface area (Å²) in [4.78, 5) is 151. The Labute approximate surface area is 734 Å². The van der Waals surface area contributed by atoms with Crippen molar-refractivity contribution in [2.45, 2.75) is 158 Å². The number of rotatable bonds is 16. The minimum atomic E-state index is -1.23. The molecule has 16 rings (SSSR count). The molecule has 0 radical (unpaired) electrons. The van der Waals surface area contributed by atoms with E-state index < -0.39 is 46.3 Å². The van der Waals surface area contributed by atoms with Crippen molar-refractivity contribution in [3.63, 3.8) is 0 Å². The Hall–Kier alpha value is -14.5. The number of aromatic carboxylic acids is 1. The van der Waals surface area contributed by atoms with E-state index in [2.05, 4.69) is 69.6 Å². The van der Waals surface area contributed by atoms with Gasteiger partial charge >= 0.3 is 23.0 Å². The monoisotopic (exact) mass is 1740 g/mol. The van der Waals surface area contributed by atoms with Crippen molar-refractivity contribution in [3.8, 4) is 50.8 Å². The number of piperazine rings is 3. The van der Waals surface area contributed by atoms with E-state index >= 15 is 13.2 Å². The number of benzene rings is 3. The van der Waals surface area contributed by atoms with Crippen molar-refractivity contribution in [1.29, 1.82) is 0 Å². The molecule has 4 N–H and O–H groups in total. The average molecular weight is 1740 g/mol. The number of amides is 3. The second-order valence-electron chi connectivity index (χ2n) is 33.6. The summed E-state index contributed by atoms with van der Waals surface area (Å²) in [6.45, 7) is 41.7. The highest BCUT2D eigenvalue weighted by atomic mass is 19.1. The number of hydrogen-bond acceptors (Lipinski definition) is 21. The SMILES string of the molecule is C=CC(=O)N1CC(C)N(c2nc(=O)n(-c3c(C)ccnc3C(C)C)c3nc(-c4cccc5[nH]cnc45)c(F)cc23)CC1C.C=CC(=O)N1CC(C)N(c2nc(=O)n(-c3c(C)ccnc3C(C)C)c3nc(-c4ccccc4C(=O)O)c(F)cc23)CC1C.C=CC(=O)N1[C@H](C)CN(c2nc(=O)n(-c3c(C)cc(N)nc3C(C)C)c3nc(-c4ccccc4F)c(F)cc23)C[C@@H]1C. The lowest BCUT2D eigenvalue weighted by atomic mass is 10.0. The van der Waals surface area contributed by atoms with Gasteiger partial charge in [-0.15, -0.1) is 0 Å². The molecule has 0 bridgehead atoms. The number of anilines is 4. The molecular formula is C95H99F4N21O8. The number of nitrogens with two attached hydrogens (primary N) is 1. The third-order valence-corrected chi connectivity index (χ3v) is 23.6. The van der Waals surface area contributed by atoms with Crippen LogP contribution in [-0.4, -0.2) is 188 Å². The Balaban J connectivity index is 0.000000155. The molecule has 3 aliphatic heterocycles. The van der Waals surface area contributed by atoms with Gasteiger partial charge in [0.05, 0.1) is 73.2 Å². The number of fused-ring (bicyclic) bond motifs is 4. The number of hydrogen-bond donors (Lipinski definition) is 3. The summed E-state index contributed by atoms with van der Waals surface area (Å²) in [6, 6.07) is 25.0. The van der Waals surface area contributed by atoms with Crippen LogP contribution in [0.5, 0.6) is 0 Å². The molecule has 13 aromatic rings. The van der Waals surface area contributed by atoms with E-state index in [1.807, 2.05) is 124 Å². The molecule has 3 amide bonds. The van der Waals surface area contributed by atoms with Gasteiger partial charge in [-0.3, -0.25) is 24.4 Å². The number of H-pyrrole nitrogens is 1. The zero-order valence-corrected chi connectivity index (χ0v) is 73.7. The van der Waals surface area contributed by atoms with Gasteiger partial charge in [-0.05, 0) is 176 Å². The summed E-state index contributed by atoms with van der Waals surface area (Å²) in [5.74, 6) is -3.65. The third-order valence-electron chi connectivity index (χ3n) is 23.6. The summed E-state index contributed by atoms with van der Waals surface area (Å²) >= 11 is 0. The average Bonchev–Trinajstić information content (AvgIpc) is 0.814. The number of nitrogen functional groups attached to an aromatic ring is 1. The summed E-state index contributed by atoms with van der Waals surface area (Å²) in [7, 11) is 0. The normalized spacial score (nSPS) is 17.2. The van der Waals surface area contributed by atoms with Crippen molar-refractivity contribution < 1.29 is 41.8 Å². The minimum Gasteiger partial charge on any atom is -0.478 e. The number of para-hydroxylation sites is 1. The molecule has 3 fully saturated rings. The predicted molar refractivity (Wildman–Crippen MR) is 487 cm³/mol. The van der Waals surface area contributed by atoms with Crippen LogP contribution in [0.3, 0.4) is 0 Å². The van der Waals surface area contributed by atoms with Crippen molar-refractivity contribution in [2.24, 2.45) is 0 Å². The summed E-state index contributed by atoms with van der Waals surface area (Å²) in [5, 5.41) is 10.7. The van der Waals surface area contributed by atoms with E-state index in [0.29, 0.717) is 107 Å². The van der Waals surface area contributed by atoms with Gasteiger partial charge in [-0.25, -0.2) is 75.4 Å². The van der Waals surface area contributed by atoms with Crippen LogP contribution in [0, 0.1) is 44.0 Å². The highest BCUT2D eigenvalue weighted by Gasteiger charge is 2.39. The van der Waals surface area contributed by atoms with Crippen LogP contribution in [-0.2, 0) is 14.4 Å². The van der Waals surface area contributed by atoms with Crippen molar-refractivity contribution in [2.75, 3.05) is 59.7 Å². The molecular weight excluding hydrogens is 1640 g/mol. The molecule has 3 aliphatic rings. The number of imidazole rings is 1. The number of carbonyl (C=O) groups excluding carboxylic acids is 3. The quantitative estimate of drug-likeness (QED) is 0.0597. The van der Waals surface area contributed by atoms with Crippen molar-refractivity contribution in [3.05, 3.63) is 254 Å². The Morgan fingerprint density at radius 1 is 0.453 bits per heavy atom. The zero-order chi connectivity index (χ0) is 92.2. The smallest absolute Gasteiger partial charge is 0.355 e. The van der Waals surface area contributed by atoms with Crippen LogP contribution in [0.25, 0.3) is 95.0 Å². The molecule has 29 nitrogen and oxygen atoms in total. The van der Waals surface area contributed by atoms with E-state index in [-0.39, 0.29) is 145 Å². The van der Waals surface area contributed by atoms with Gasteiger partial charge in [0.25, 0.3) is 0 Å². The molecule has 6 atom stereocenters. The van der Waals surface area contributed by atoms with Gasteiger partial charge in [0.15, 0.2) is 16.9 Å². The largest absolute Gasteiger partial charge is 0.478 e. The molecule has 13 heterocycles. The predicted octanol–water partition coefficient (Wildman–Crippen LogP) is 14.4. The highest BCUT2D eigenvalue weighted by molar-refractivity contribution is 5.99. The number of nitrogens with zero attached hydrogens (tertiary/aromatic N) is 19. The van der Waals surface area contributed by atoms with E-state index in [1.165, 1.54) is 80.5 Å². The van der Waals surface area contributed by atoms with Crippen molar-refractivity contribution in [1.82, 2.24) is 83.2 Å². The number of carboxylic acid groups (broad SMARTS) is 1. The fourth-order valence-electron chi connectivity index (χ4n) is 17.6. The molecule has 3 aromatic carbocycles. The van der Waals surface area contributed by atoms with E-state index in [1.54, 1.807) is 82.8 Å². The maximum absolute atomic E-state index is 16.2. The standard InChI is InChI=1S/C32H33FN8O2.C32H33FN6O4.C31H33F2N7O2/c1-7-25(42)39-14-20(6)40(15-19(39)5)30-22-13-23(33)27(21-9-8-10-24-28(21)36-16-35-24)37-31(22)41(32(43)38-30)29-18(4)11-12-34-26(29)17(2)3;1-7-25(40)37-15-20(6)38(16-19(37)5)29-23-14-24(33)27(21-10-8-9-11-22(21)31(41)42)35-30(23)39(32(43)36-29)28-18(4)12-13-34-26(28)17(2)3;1-7-25(41)39-18(5)14-38(15-19(39)6)29-21-13-23(33)27(20-10-8-9-11-22(20)32)36-30(21)40(31(42)37-29)28-17(4)12-24(34)35-26(28)16(2)3/h7-13,16-17,19-20H,1,14-15H2,2-6H3,(H,35,36);7-14,17,19-20H,1,15-16H2,2-6H3,(H,41,42);7-13,16,18-19H,1,14-15H2,2-6H3,(H2,34,35)/t;;18-,19+. The first-order valence-electron chi connectivity index (χ1n) is 42.1. The molecule has 0 aliphatic carbocycles. The Kier molecular flexibility index (Phi) is 25.4. The molecule has 10 aromatic heterocycles. The first-order chi connectivity index (χ1) is 61.0. The number of carboxylic acids is 1. The van der Waals surface area contributed by atoms with Crippen LogP contribution in [0.2, 0.25) is 0 Å². The van der Waals surface area contributed by atoms with Gasteiger partial charge in [0.1, 0.15) is 63.6 Å². The Bertz CT molecular complexity index is 6860. The number of aromatic amines is 1. The Morgan fingerprint density at radius 3 is 1.32 bits per heavy atom. The summed E-state index contributed by atoms with van der Waals surface area (Å²) in [5.41, 5.74) is 11.7. The highest BCUT2D eigenvalue weighted by Crippen LogP contribution is 2.41. The second-order valence-corrected chi connectivity index (χ2v) is 33.6. The van der Waals surface area contributed by atoms with Crippen LogP contribution in [0.15, 0.2) is 174 Å². The molecule has 3 saturated heterocycles. The zero-order valence-electron chi connectivity index (χ0n) is 73.7. The molecule has 4 unspecified atom stereocenters. The van der Waals surface area contributed by atoms with Crippen LogP contribution < -0.4 is 37.5 Å². The third kappa shape index (κ3) is 16.7. The Morgan fingerprint density at radius 2 is 0.867 bits per heavy atom. The number of aryl methyl sites for hydroxylation is 3. The molecule has 660 valence electrons. The second kappa shape index (κ2) is 36.2. The fourth-order valence-corrected chi connectivity index (χ4v) is 17.6. The number of halogens is 4. The van der Waals surface area contributed by atoms with E-state index in [9.17, 15) is 43.1 Å². The van der Waals surface area contributed by atoms with Crippen molar-refractivity contribution >= 4 is 91.1 Å². The molecule has 128 heavy (non-hydrogen) atoms. The fraction of sp³-hybridized carbons (Fsp3) is 0.316. The van der Waals surface area contributed by atoms with Gasteiger partial charge in [0.2, 0.25) is 17.7 Å². The first-order valence-corrected chi connectivity index (χ1v) is 42.1. The maximum atomic E-state index is 16.2. The van der Waals surface area contributed by atoms with Gasteiger partial charge in [-0.1, -0.05) is 104 Å².